The van der Waals surface area contributed by atoms with Gasteiger partial charge in [-0.25, -0.2) is 13.4 Å². The van der Waals surface area contributed by atoms with Crippen molar-refractivity contribution < 1.29 is 8.42 Å². The smallest absolute Gasteiger partial charge is 0.256 e. The van der Waals surface area contributed by atoms with Crippen LogP contribution in [0.1, 0.15) is 5.56 Å². The predicted octanol–water partition coefficient (Wildman–Crippen LogP) is 2.96. The first kappa shape index (κ1) is 15.4. The fourth-order valence-corrected chi connectivity index (χ4v) is 3.69. The van der Waals surface area contributed by atoms with E-state index >= 15 is 0 Å². The van der Waals surface area contributed by atoms with Gasteiger partial charge in [-0.3, -0.25) is 9.40 Å². The highest BCUT2D eigenvalue weighted by molar-refractivity contribution is 7.95. The van der Waals surface area contributed by atoms with Crippen molar-refractivity contribution in [3.63, 3.8) is 0 Å². The number of benzene rings is 1. The number of rotatable bonds is 5. The van der Waals surface area contributed by atoms with Crippen molar-refractivity contribution in [1.82, 2.24) is 14.8 Å². The van der Waals surface area contributed by atoms with Gasteiger partial charge in [0.25, 0.3) is 10.0 Å². The zero-order valence-electron chi connectivity index (χ0n) is 12.2. The number of nitrogens with zero attached hydrogens (tertiary/aromatic N) is 3. The molecule has 8 heteroatoms. The third-order valence-electron chi connectivity index (χ3n) is 2.97. The topological polar surface area (TPSA) is 76.9 Å². The van der Waals surface area contributed by atoms with Crippen LogP contribution in [0.2, 0.25) is 0 Å². The number of sulfonamides is 1. The van der Waals surface area contributed by atoms with E-state index in [2.05, 4.69) is 14.8 Å². The lowest BCUT2D eigenvalue weighted by Crippen LogP contribution is -2.08. The fourth-order valence-electron chi connectivity index (χ4n) is 1.89. The molecule has 1 N–H and O–H groups in total. The lowest BCUT2D eigenvalue weighted by atomic mass is 10.2. The molecule has 2 aromatic heterocycles. The van der Waals surface area contributed by atoms with Gasteiger partial charge in [-0.15, -0.1) is 11.3 Å². The summed E-state index contributed by atoms with van der Waals surface area (Å²) in [6.45, 7) is 0. The van der Waals surface area contributed by atoms with Crippen LogP contribution in [0.4, 0.5) is 5.13 Å². The van der Waals surface area contributed by atoms with Gasteiger partial charge in [-0.1, -0.05) is 30.3 Å². The summed E-state index contributed by atoms with van der Waals surface area (Å²) in [5.74, 6) is 0. The monoisotopic (exact) mass is 346 g/mol. The largest absolute Gasteiger partial charge is 0.275 e. The lowest BCUT2D eigenvalue weighted by molar-refractivity contribution is 0.609. The van der Waals surface area contributed by atoms with Crippen molar-refractivity contribution in [2.75, 3.05) is 4.72 Å². The average molecular weight is 346 g/mol. The van der Waals surface area contributed by atoms with Crippen molar-refractivity contribution in [2.45, 2.75) is 0 Å². The fraction of sp³-hybridized carbons (Fsp3) is 0.0667. The normalized spacial score (nSPS) is 11.9. The molecule has 3 rings (SSSR count). The second-order valence-corrected chi connectivity index (χ2v) is 7.23. The molecule has 0 aliphatic rings. The van der Waals surface area contributed by atoms with E-state index in [1.807, 2.05) is 43.6 Å². The van der Waals surface area contributed by atoms with Crippen molar-refractivity contribution in [2.24, 2.45) is 7.05 Å². The molecule has 0 aliphatic carbocycles. The zero-order chi connectivity index (χ0) is 16.3. The maximum absolute atomic E-state index is 12.1. The van der Waals surface area contributed by atoms with Gasteiger partial charge in [0.15, 0.2) is 5.13 Å². The van der Waals surface area contributed by atoms with E-state index in [4.69, 9.17) is 0 Å². The number of aryl methyl sites for hydroxylation is 1. The van der Waals surface area contributed by atoms with Gasteiger partial charge in [0.2, 0.25) is 0 Å². The van der Waals surface area contributed by atoms with Crippen LogP contribution in [-0.2, 0) is 17.1 Å². The van der Waals surface area contributed by atoms with Crippen LogP contribution in [0.3, 0.4) is 0 Å². The summed E-state index contributed by atoms with van der Waals surface area (Å²) in [4.78, 5) is 4.28. The van der Waals surface area contributed by atoms with Crippen molar-refractivity contribution in [1.29, 1.82) is 0 Å². The average Bonchev–Trinajstić information content (AvgIpc) is 3.15. The SMILES string of the molecule is Cn1cc(-c2csc(NS(=O)(=O)/C=C/c3ccccc3)n2)cn1. The molecule has 0 aliphatic heterocycles. The van der Waals surface area contributed by atoms with E-state index < -0.39 is 10.0 Å². The van der Waals surface area contributed by atoms with Crippen LogP contribution >= 0.6 is 11.3 Å². The molecule has 0 unspecified atom stereocenters. The maximum Gasteiger partial charge on any atom is 0.256 e. The van der Waals surface area contributed by atoms with Gasteiger partial charge < -0.3 is 0 Å². The second kappa shape index (κ2) is 6.35. The van der Waals surface area contributed by atoms with Crippen LogP contribution < -0.4 is 4.72 Å². The maximum atomic E-state index is 12.1. The molecule has 0 fully saturated rings. The molecule has 3 aromatic rings. The molecule has 0 atom stereocenters. The molecule has 0 saturated carbocycles. The Hall–Kier alpha value is -2.45. The minimum atomic E-state index is -3.60. The Morgan fingerprint density at radius 1 is 1.26 bits per heavy atom. The summed E-state index contributed by atoms with van der Waals surface area (Å²) in [6.07, 6.45) is 5.04. The van der Waals surface area contributed by atoms with Crippen LogP contribution in [-0.4, -0.2) is 23.2 Å². The molecule has 0 radical (unpaired) electrons. The Balaban J connectivity index is 1.74. The standard InChI is InChI=1S/C15H14N4O2S2/c1-19-10-13(9-16-19)14-11-22-15(17-14)18-23(20,21)8-7-12-5-3-2-4-6-12/h2-11H,1H3,(H,17,18)/b8-7+. The predicted molar refractivity (Wildman–Crippen MR) is 92.3 cm³/mol. The number of aromatic nitrogens is 3. The summed E-state index contributed by atoms with van der Waals surface area (Å²) in [7, 11) is -1.79. The summed E-state index contributed by atoms with van der Waals surface area (Å²) >= 11 is 1.23. The van der Waals surface area contributed by atoms with Crippen molar-refractivity contribution >= 4 is 32.6 Å². The minimum absolute atomic E-state index is 0.321. The van der Waals surface area contributed by atoms with E-state index in [1.165, 1.54) is 17.4 Å². The first-order chi connectivity index (χ1) is 11.0. The van der Waals surface area contributed by atoms with E-state index in [0.717, 1.165) is 16.5 Å². The van der Waals surface area contributed by atoms with Crippen molar-refractivity contribution in [3.05, 3.63) is 59.1 Å². The molecule has 0 bridgehead atoms. The van der Waals surface area contributed by atoms with E-state index in [9.17, 15) is 8.42 Å². The Morgan fingerprint density at radius 2 is 2.04 bits per heavy atom. The molecule has 2 heterocycles. The Labute approximate surface area is 138 Å². The quantitative estimate of drug-likeness (QED) is 0.770. The highest BCUT2D eigenvalue weighted by Crippen LogP contribution is 2.25. The van der Waals surface area contributed by atoms with Gasteiger partial charge in [-0.2, -0.15) is 5.10 Å². The Bertz CT molecular complexity index is 927. The first-order valence-electron chi connectivity index (χ1n) is 6.72. The van der Waals surface area contributed by atoms with Crippen molar-refractivity contribution in [3.8, 4) is 11.3 Å². The van der Waals surface area contributed by atoms with Gasteiger partial charge in [0.1, 0.15) is 0 Å². The van der Waals surface area contributed by atoms with Gasteiger partial charge in [-0.05, 0) is 11.6 Å². The Kier molecular flexibility index (Phi) is 4.26. The number of anilines is 1. The molecule has 118 valence electrons. The summed E-state index contributed by atoms with van der Waals surface area (Å²) in [5.41, 5.74) is 2.34. The first-order valence-corrected chi connectivity index (χ1v) is 9.15. The van der Waals surface area contributed by atoms with Gasteiger partial charge in [0, 0.05) is 24.2 Å². The number of thiazole rings is 1. The van der Waals surface area contributed by atoms with Crippen LogP contribution in [0.5, 0.6) is 0 Å². The molecule has 0 amide bonds. The molecule has 1 aromatic carbocycles. The third-order valence-corrected chi connectivity index (χ3v) is 4.83. The summed E-state index contributed by atoms with van der Waals surface area (Å²) < 4.78 is 28.3. The molecule has 6 nitrogen and oxygen atoms in total. The molecule has 23 heavy (non-hydrogen) atoms. The molecule has 0 spiro atoms. The van der Waals surface area contributed by atoms with E-state index in [0.29, 0.717) is 10.8 Å². The number of hydrogen-bond acceptors (Lipinski definition) is 5. The molecular formula is C15H14N4O2S2. The highest BCUT2D eigenvalue weighted by atomic mass is 32.2. The summed E-state index contributed by atoms with van der Waals surface area (Å²) in [5, 5.41) is 7.31. The van der Waals surface area contributed by atoms with Gasteiger partial charge >= 0.3 is 0 Å². The second-order valence-electron chi connectivity index (χ2n) is 4.80. The third kappa shape index (κ3) is 4.05. The van der Waals surface area contributed by atoms with Crippen LogP contribution in [0, 0.1) is 0 Å². The Morgan fingerprint density at radius 3 is 2.74 bits per heavy atom. The lowest BCUT2D eigenvalue weighted by Gasteiger charge is -1.99. The van der Waals surface area contributed by atoms with E-state index in [-0.39, 0.29) is 0 Å². The number of hydrogen-bond donors (Lipinski definition) is 1. The van der Waals surface area contributed by atoms with E-state index in [1.54, 1.807) is 16.3 Å². The highest BCUT2D eigenvalue weighted by Gasteiger charge is 2.11. The minimum Gasteiger partial charge on any atom is -0.275 e. The summed E-state index contributed by atoms with van der Waals surface area (Å²) in [6, 6.07) is 9.23. The number of nitrogens with one attached hydrogen (secondary N) is 1. The van der Waals surface area contributed by atoms with Crippen LogP contribution in [0.15, 0.2) is 53.5 Å². The zero-order valence-corrected chi connectivity index (χ0v) is 13.9. The van der Waals surface area contributed by atoms with Crippen LogP contribution in [0.25, 0.3) is 17.3 Å². The molecule has 0 saturated heterocycles. The molecular weight excluding hydrogens is 332 g/mol. The van der Waals surface area contributed by atoms with Gasteiger partial charge in [0.05, 0.1) is 17.3 Å².